The van der Waals surface area contributed by atoms with Crippen molar-refractivity contribution in [1.29, 1.82) is 0 Å². The molecular weight excluding hydrogens is 364 g/mol. The number of rotatable bonds is 5. The van der Waals surface area contributed by atoms with Crippen molar-refractivity contribution in [2.45, 2.75) is 46.4 Å². The van der Waals surface area contributed by atoms with Crippen LogP contribution in [0, 0.1) is 13.8 Å². The number of carbonyl (C=O) groups is 2. The summed E-state index contributed by atoms with van der Waals surface area (Å²) in [6.45, 7) is 9.28. The summed E-state index contributed by atoms with van der Waals surface area (Å²) in [4.78, 5) is 27.8. The molecule has 146 valence electrons. The minimum atomic E-state index is -0.455. The van der Waals surface area contributed by atoms with Gasteiger partial charge in [-0.3, -0.25) is 4.79 Å². The van der Waals surface area contributed by atoms with Gasteiger partial charge in [0, 0.05) is 29.4 Å². The molecule has 2 aromatic heterocycles. The smallest absolute Gasteiger partial charge is 0.340 e. The number of carbonyl (C=O) groups excluding carboxylic acids is 2. The fourth-order valence-corrected chi connectivity index (χ4v) is 4.18. The van der Waals surface area contributed by atoms with Crippen molar-refractivity contribution in [1.82, 2.24) is 9.47 Å². The van der Waals surface area contributed by atoms with Crippen LogP contribution in [-0.4, -0.2) is 53.2 Å². The van der Waals surface area contributed by atoms with Gasteiger partial charge in [-0.2, -0.15) is 0 Å². The second kappa shape index (κ2) is 8.27. The van der Waals surface area contributed by atoms with Crippen LogP contribution < -0.4 is 0 Å². The molecule has 0 saturated carbocycles. The van der Waals surface area contributed by atoms with Gasteiger partial charge in [-0.1, -0.05) is 6.07 Å². The lowest BCUT2D eigenvalue weighted by Gasteiger charge is -2.35. The maximum Gasteiger partial charge on any atom is 0.340 e. The lowest BCUT2D eigenvalue weighted by molar-refractivity contribution is -0.146. The third-order valence-electron chi connectivity index (χ3n) is 4.79. The molecule has 0 aliphatic carbocycles. The number of esters is 1. The van der Waals surface area contributed by atoms with E-state index in [4.69, 9.17) is 9.47 Å². The molecule has 1 aliphatic heterocycles. The Balaban J connectivity index is 1.62. The van der Waals surface area contributed by atoms with E-state index in [1.165, 1.54) is 4.88 Å². The normalized spacial score (nSPS) is 19.9. The first kappa shape index (κ1) is 19.6. The van der Waals surface area contributed by atoms with Gasteiger partial charge in [0.05, 0.1) is 24.3 Å². The highest BCUT2D eigenvalue weighted by Gasteiger charge is 2.27. The number of aromatic nitrogens is 1. The highest BCUT2D eigenvalue weighted by molar-refractivity contribution is 7.09. The first-order chi connectivity index (χ1) is 12.8. The van der Waals surface area contributed by atoms with Gasteiger partial charge < -0.3 is 18.9 Å². The summed E-state index contributed by atoms with van der Waals surface area (Å²) < 4.78 is 13.0. The Kier molecular flexibility index (Phi) is 6.01. The van der Waals surface area contributed by atoms with E-state index in [1.54, 1.807) is 16.2 Å². The van der Waals surface area contributed by atoms with Crippen LogP contribution in [0.3, 0.4) is 0 Å². The standard InChI is InChI=1S/C20H26N2O4S/c1-13-8-18(16(4)22(13)11-17-6-5-7-27-17)20(24)25-12-19(23)21-9-14(2)26-15(3)10-21/h5-8,14-15H,9-12H2,1-4H3/t14-,15-/m0/s1. The van der Waals surface area contributed by atoms with Crippen LogP contribution in [0.15, 0.2) is 23.6 Å². The minimum absolute atomic E-state index is 0.00965. The van der Waals surface area contributed by atoms with Crippen LogP contribution in [0.5, 0.6) is 0 Å². The van der Waals surface area contributed by atoms with Crippen molar-refractivity contribution in [3.63, 3.8) is 0 Å². The Hall–Kier alpha value is -2.12. The predicted molar refractivity (Wildman–Crippen MR) is 104 cm³/mol. The van der Waals surface area contributed by atoms with Gasteiger partial charge in [-0.25, -0.2) is 4.79 Å². The van der Waals surface area contributed by atoms with Gasteiger partial charge in [-0.05, 0) is 45.2 Å². The van der Waals surface area contributed by atoms with Gasteiger partial charge >= 0.3 is 5.97 Å². The predicted octanol–water partition coefficient (Wildman–Crippen LogP) is 3.01. The molecule has 1 aliphatic rings. The zero-order chi connectivity index (χ0) is 19.6. The van der Waals surface area contributed by atoms with Crippen LogP contribution in [0.4, 0.5) is 0 Å². The van der Waals surface area contributed by atoms with Crippen molar-refractivity contribution < 1.29 is 19.1 Å². The van der Waals surface area contributed by atoms with Crippen LogP contribution in [-0.2, 0) is 20.8 Å². The molecule has 1 amide bonds. The van der Waals surface area contributed by atoms with Crippen LogP contribution >= 0.6 is 11.3 Å². The summed E-state index contributed by atoms with van der Waals surface area (Å²) in [6, 6.07) is 5.92. The summed E-state index contributed by atoms with van der Waals surface area (Å²) >= 11 is 1.69. The van der Waals surface area contributed by atoms with E-state index < -0.39 is 5.97 Å². The molecule has 2 aromatic rings. The van der Waals surface area contributed by atoms with Gasteiger partial charge in [0.25, 0.3) is 5.91 Å². The molecule has 0 spiro atoms. The summed E-state index contributed by atoms with van der Waals surface area (Å²) in [5, 5.41) is 2.04. The maximum absolute atomic E-state index is 12.5. The minimum Gasteiger partial charge on any atom is -0.452 e. The number of aryl methyl sites for hydroxylation is 1. The zero-order valence-electron chi connectivity index (χ0n) is 16.2. The molecule has 27 heavy (non-hydrogen) atoms. The SMILES string of the molecule is Cc1cc(C(=O)OCC(=O)N2C[C@H](C)O[C@@H](C)C2)c(C)n1Cc1cccs1. The van der Waals surface area contributed by atoms with Crippen LogP contribution in [0.2, 0.25) is 0 Å². The van der Waals surface area contributed by atoms with E-state index in [0.717, 1.165) is 17.9 Å². The first-order valence-electron chi connectivity index (χ1n) is 9.14. The fraction of sp³-hybridized carbons (Fsp3) is 0.500. The Morgan fingerprint density at radius 1 is 1.26 bits per heavy atom. The monoisotopic (exact) mass is 390 g/mol. The van der Waals surface area contributed by atoms with E-state index in [9.17, 15) is 9.59 Å². The number of ether oxygens (including phenoxy) is 2. The molecule has 0 bridgehead atoms. The molecule has 1 saturated heterocycles. The average molecular weight is 391 g/mol. The molecule has 2 atom stereocenters. The van der Waals surface area contributed by atoms with Crippen LogP contribution in [0.25, 0.3) is 0 Å². The molecule has 7 heteroatoms. The van der Waals surface area contributed by atoms with E-state index in [2.05, 4.69) is 10.6 Å². The zero-order valence-corrected chi connectivity index (χ0v) is 17.0. The largest absolute Gasteiger partial charge is 0.452 e. The summed E-state index contributed by atoms with van der Waals surface area (Å²) in [5.41, 5.74) is 2.36. The van der Waals surface area contributed by atoms with Crippen molar-refractivity contribution in [3.05, 3.63) is 45.4 Å². The van der Waals surface area contributed by atoms with Gasteiger partial charge in [0.15, 0.2) is 6.61 Å². The topological polar surface area (TPSA) is 60.8 Å². The van der Waals surface area contributed by atoms with Gasteiger partial charge in [0.2, 0.25) is 0 Å². The number of thiophene rings is 1. The molecule has 0 N–H and O–H groups in total. The van der Waals surface area contributed by atoms with E-state index in [1.807, 2.05) is 45.2 Å². The molecule has 1 fully saturated rings. The number of hydrogen-bond acceptors (Lipinski definition) is 5. The molecule has 6 nitrogen and oxygen atoms in total. The van der Waals surface area contributed by atoms with Gasteiger partial charge in [-0.15, -0.1) is 11.3 Å². The number of morpholine rings is 1. The summed E-state index contributed by atoms with van der Waals surface area (Å²) in [5.74, 6) is -0.638. The lowest BCUT2D eigenvalue weighted by Crippen LogP contribution is -2.49. The lowest BCUT2D eigenvalue weighted by atomic mass is 10.2. The Morgan fingerprint density at radius 2 is 1.96 bits per heavy atom. The third-order valence-corrected chi connectivity index (χ3v) is 5.65. The van der Waals surface area contributed by atoms with Crippen molar-refractivity contribution in [2.75, 3.05) is 19.7 Å². The third kappa shape index (κ3) is 4.59. The number of amides is 1. The summed E-state index contributed by atoms with van der Waals surface area (Å²) in [6.07, 6.45) is -0.0193. The summed E-state index contributed by atoms with van der Waals surface area (Å²) in [7, 11) is 0. The Bertz CT molecular complexity index is 802. The molecule has 0 aromatic carbocycles. The molecular formula is C20H26N2O4S. The number of hydrogen-bond donors (Lipinski definition) is 0. The Labute approximate surface area is 163 Å². The number of nitrogens with zero attached hydrogens (tertiary/aromatic N) is 2. The van der Waals surface area contributed by atoms with Crippen molar-refractivity contribution in [3.8, 4) is 0 Å². The van der Waals surface area contributed by atoms with Crippen molar-refractivity contribution in [2.24, 2.45) is 0 Å². The highest BCUT2D eigenvalue weighted by atomic mass is 32.1. The van der Waals surface area contributed by atoms with E-state index in [0.29, 0.717) is 18.7 Å². The second-order valence-electron chi connectivity index (χ2n) is 7.08. The van der Waals surface area contributed by atoms with Crippen molar-refractivity contribution >= 4 is 23.2 Å². The quantitative estimate of drug-likeness (QED) is 0.737. The maximum atomic E-state index is 12.5. The van der Waals surface area contributed by atoms with Gasteiger partial charge in [0.1, 0.15) is 0 Å². The molecule has 0 radical (unpaired) electrons. The average Bonchev–Trinajstić information content (AvgIpc) is 3.22. The second-order valence-corrected chi connectivity index (χ2v) is 8.11. The molecule has 0 unspecified atom stereocenters. The first-order valence-corrected chi connectivity index (χ1v) is 10.0. The van der Waals surface area contributed by atoms with Crippen LogP contribution in [0.1, 0.15) is 40.5 Å². The van der Waals surface area contributed by atoms with E-state index in [-0.39, 0.29) is 24.7 Å². The highest BCUT2D eigenvalue weighted by Crippen LogP contribution is 2.20. The molecule has 3 heterocycles. The fourth-order valence-electron chi connectivity index (χ4n) is 3.49. The Morgan fingerprint density at radius 3 is 2.59 bits per heavy atom. The van der Waals surface area contributed by atoms with E-state index >= 15 is 0 Å². The molecule has 3 rings (SSSR count).